The van der Waals surface area contributed by atoms with Gasteiger partial charge in [-0.05, 0) is 34.5 Å². The van der Waals surface area contributed by atoms with E-state index < -0.39 is 0 Å². The normalized spacial score (nSPS) is 8.91. The maximum atomic E-state index is 5.63. The minimum Gasteiger partial charge on any atom is -0.397 e. The smallest absolute Gasteiger partial charge is 0.0694 e. The van der Waals surface area contributed by atoms with E-state index in [4.69, 9.17) is 11.5 Å². The summed E-state index contributed by atoms with van der Waals surface area (Å²) in [6, 6.07) is 3.82. The Hall–Kier alpha value is -0.410. The lowest BCUT2D eigenvalue weighted by Crippen LogP contribution is -1.97. The molecule has 0 heterocycles. The molecule has 0 saturated heterocycles. The molecule has 0 bridgehead atoms. The van der Waals surface area contributed by atoms with Crippen LogP contribution in [0.2, 0.25) is 0 Å². The summed E-state index contributed by atoms with van der Waals surface area (Å²) < 4.78 is 0.857. The van der Waals surface area contributed by atoms with Crippen LogP contribution in [0, 0.1) is 6.92 Å². The molecule has 62 valence electrons. The van der Waals surface area contributed by atoms with Gasteiger partial charge >= 0.3 is 0 Å². The lowest BCUT2D eigenvalue weighted by atomic mass is 10.2. The van der Waals surface area contributed by atoms with Gasteiger partial charge in [0.1, 0.15) is 0 Å². The summed E-state index contributed by atoms with van der Waals surface area (Å²) in [4.78, 5) is 0. The third-order valence-corrected chi connectivity index (χ3v) is 2.14. The highest BCUT2D eigenvalue weighted by molar-refractivity contribution is 9.10. The van der Waals surface area contributed by atoms with Gasteiger partial charge in [-0.1, -0.05) is 6.07 Å². The molecule has 0 radical (unpaired) electrons. The second-order valence-corrected chi connectivity index (χ2v) is 3.05. The first-order valence-electron chi connectivity index (χ1n) is 2.93. The highest BCUT2D eigenvalue weighted by Gasteiger charge is 2.00. The van der Waals surface area contributed by atoms with E-state index in [9.17, 15) is 0 Å². The zero-order valence-corrected chi connectivity index (χ0v) is 8.50. The Balaban J connectivity index is 0.000001000. The van der Waals surface area contributed by atoms with Crippen molar-refractivity contribution in [2.75, 3.05) is 11.5 Å². The van der Waals surface area contributed by atoms with Crippen LogP contribution < -0.4 is 11.5 Å². The van der Waals surface area contributed by atoms with E-state index in [1.54, 1.807) is 0 Å². The topological polar surface area (TPSA) is 52.0 Å². The first-order chi connectivity index (χ1) is 4.63. The van der Waals surface area contributed by atoms with Crippen molar-refractivity contribution in [3.8, 4) is 0 Å². The quantitative estimate of drug-likeness (QED) is 0.681. The van der Waals surface area contributed by atoms with E-state index in [1.165, 1.54) is 0 Å². The first kappa shape index (κ1) is 10.6. The van der Waals surface area contributed by atoms with Gasteiger partial charge in [-0.15, -0.1) is 12.4 Å². The van der Waals surface area contributed by atoms with Gasteiger partial charge < -0.3 is 11.5 Å². The highest BCUT2D eigenvalue weighted by Crippen LogP contribution is 2.27. The molecule has 0 unspecified atom stereocenters. The van der Waals surface area contributed by atoms with Gasteiger partial charge in [-0.3, -0.25) is 0 Å². The van der Waals surface area contributed by atoms with Crippen molar-refractivity contribution in [1.82, 2.24) is 0 Å². The monoisotopic (exact) mass is 236 g/mol. The molecule has 0 aliphatic heterocycles. The fourth-order valence-electron chi connectivity index (χ4n) is 0.719. The van der Waals surface area contributed by atoms with Crippen LogP contribution in [0.3, 0.4) is 0 Å². The van der Waals surface area contributed by atoms with Crippen LogP contribution in [0.15, 0.2) is 16.6 Å². The fraction of sp³-hybridized carbons (Fsp3) is 0.143. The average Bonchev–Trinajstić information content (AvgIpc) is 1.93. The molecule has 11 heavy (non-hydrogen) atoms. The number of benzene rings is 1. The summed E-state index contributed by atoms with van der Waals surface area (Å²) >= 11 is 3.28. The molecule has 4 N–H and O–H groups in total. The van der Waals surface area contributed by atoms with Crippen molar-refractivity contribution in [2.45, 2.75) is 6.92 Å². The minimum atomic E-state index is 0. The number of nitrogen functional groups attached to an aromatic ring is 2. The van der Waals surface area contributed by atoms with Crippen molar-refractivity contribution >= 4 is 39.7 Å². The second-order valence-electron chi connectivity index (χ2n) is 2.19. The summed E-state index contributed by atoms with van der Waals surface area (Å²) in [5.74, 6) is 0. The number of anilines is 2. The molecule has 0 atom stereocenters. The maximum Gasteiger partial charge on any atom is 0.0694 e. The Labute approximate surface area is 80.5 Å². The predicted octanol–water partition coefficient (Wildman–Crippen LogP) is 2.34. The fourth-order valence-corrected chi connectivity index (χ4v) is 1.06. The average molecular weight is 238 g/mol. The number of hydrogen-bond acceptors (Lipinski definition) is 2. The van der Waals surface area contributed by atoms with Gasteiger partial charge in [0, 0.05) is 4.47 Å². The molecular formula is C7H10BrClN2. The molecule has 0 fully saturated rings. The van der Waals surface area contributed by atoms with Gasteiger partial charge in [0.2, 0.25) is 0 Å². The first-order valence-corrected chi connectivity index (χ1v) is 3.72. The van der Waals surface area contributed by atoms with Gasteiger partial charge in [0.05, 0.1) is 11.4 Å². The van der Waals surface area contributed by atoms with Gasteiger partial charge in [-0.25, -0.2) is 0 Å². The predicted molar refractivity (Wildman–Crippen MR) is 55.0 cm³/mol. The van der Waals surface area contributed by atoms with Crippen LogP contribution in [0.1, 0.15) is 5.56 Å². The van der Waals surface area contributed by atoms with Crippen LogP contribution in [-0.4, -0.2) is 0 Å². The zero-order chi connectivity index (χ0) is 7.72. The van der Waals surface area contributed by atoms with Crippen LogP contribution in [-0.2, 0) is 0 Å². The van der Waals surface area contributed by atoms with E-state index in [1.807, 2.05) is 19.1 Å². The van der Waals surface area contributed by atoms with Crippen molar-refractivity contribution < 1.29 is 0 Å². The number of hydrogen-bond donors (Lipinski definition) is 2. The summed E-state index contributed by atoms with van der Waals surface area (Å²) in [6.45, 7) is 1.93. The summed E-state index contributed by atoms with van der Waals surface area (Å²) in [7, 11) is 0. The van der Waals surface area contributed by atoms with E-state index in [2.05, 4.69) is 15.9 Å². The van der Waals surface area contributed by atoms with Crippen molar-refractivity contribution in [3.05, 3.63) is 22.2 Å². The lowest BCUT2D eigenvalue weighted by molar-refractivity contribution is 1.46. The molecule has 1 aromatic rings. The standard InChI is InChI=1S/C7H9BrN2.ClH/c1-4-2-3-5(8)7(10)6(4)9;/h2-3H,9-10H2,1H3;1H. The lowest BCUT2D eigenvalue weighted by Gasteiger charge is -2.04. The molecule has 0 aromatic heterocycles. The Kier molecular flexibility index (Phi) is 3.69. The Morgan fingerprint density at radius 2 is 1.73 bits per heavy atom. The van der Waals surface area contributed by atoms with Gasteiger partial charge in [-0.2, -0.15) is 0 Å². The minimum absolute atomic E-state index is 0. The Morgan fingerprint density at radius 3 is 2.18 bits per heavy atom. The molecule has 0 aliphatic rings. The van der Waals surface area contributed by atoms with E-state index in [-0.39, 0.29) is 12.4 Å². The summed E-state index contributed by atoms with van der Waals surface area (Å²) in [5.41, 5.74) is 13.5. The number of halogens is 2. The largest absolute Gasteiger partial charge is 0.397 e. The van der Waals surface area contributed by atoms with E-state index in [0.29, 0.717) is 11.4 Å². The molecule has 1 aromatic carbocycles. The molecule has 0 spiro atoms. The SMILES string of the molecule is Cc1ccc(Br)c(N)c1N.Cl. The molecule has 4 heteroatoms. The van der Waals surface area contributed by atoms with Crippen molar-refractivity contribution in [2.24, 2.45) is 0 Å². The molecule has 0 amide bonds. The second kappa shape index (κ2) is 3.83. The third-order valence-electron chi connectivity index (χ3n) is 1.45. The molecule has 1 rings (SSSR count). The molecular weight excluding hydrogens is 227 g/mol. The van der Waals surface area contributed by atoms with E-state index >= 15 is 0 Å². The van der Waals surface area contributed by atoms with Crippen LogP contribution >= 0.6 is 28.3 Å². The molecule has 0 saturated carbocycles. The number of rotatable bonds is 0. The van der Waals surface area contributed by atoms with Crippen molar-refractivity contribution in [3.63, 3.8) is 0 Å². The molecule has 0 aliphatic carbocycles. The Morgan fingerprint density at radius 1 is 1.18 bits per heavy atom. The number of nitrogens with two attached hydrogens (primary N) is 2. The van der Waals surface area contributed by atoms with Crippen LogP contribution in [0.4, 0.5) is 11.4 Å². The third kappa shape index (κ3) is 2.01. The van der Waals surface area contributed by atoms with Gasteiger partial charge in [0.15, 0.2) is 0 Å². The summed E-state index contributed by atoms with van der Waals surface area (Å²) in [5, 5.41) is 0. The molecule has 2 nitrogen and oxygen atoms in total. The van der Waals surface area contributed by atoms with Crippen LogP contribution in [0.5, 0.6) is 0 Å². The highest BCUT2D eigenvalue weighted by atomic mass is 79.9. The van der Waals surface area contributed by atoms with E-state index in [0.717, 1.165) is 10.0 Å². The Bertz CT molecular complexity index is 236. The maximum absolute atomic E-state index is 5.63. The number of aryl methyl sites for hydroxylation is 1. The summed E-state index contributed by atoms with van der Waals surface area (Å²) in [6.07, 6.45) is 0. The van der Waals surface area contributed by atoms with Crippen molar-refractivity contribution in [1.29, 1.82) is 0 Å². The van der Waals surface area contributed by atoms with Gasteiger partial charge in [0.25, 0.3) is 0 Å². The zero-order valence-electron chi connectivity index (χ0n) is 6.10. The van der Waals surface area contributed by atoms with Crippen LogP contribution in [0.25, 0.3) is 0 Å².